The van der Waals surface area contributed by atoms with Gasteiger partial charge in [0.25, 0.3) is 0 Å². The topological polar surface area (TPSA) is 32.8 Å². The monoisotopic (exact) mass is 396 g/mol. The van der Waals surface area contributed by atoms with E-state index in [-0.39, 0.29) is 6.23 Å². The molecule has 0 bridgehead atoms. The molecule has 2 aromatic rings. The molecule has 1 fully saturated rings. The van der Waals surface area contributed by atoms with Gasteiger partial charge in [0.05, 0.1) is 5.69 Å². The van der Waals surface area contributed by atoms with Crippen molar-refractivity contribution in [3.8, 4) is 11.1 Å². The second kappa shape index (κ2) is 7.82. The van der Waals surface area contributed by atoms with Crippen LogP contribution >= 0.6 is 23.2 Å². The zero-order valence-electron chi connectivity index (χ0n) is 14.5. The summed E-state index contributed by atoms with van der Waals surface area (Å²) >= 11 is 12.2. The van der Waals surface area contributed by atoms with Gasteiger partial charge in [0.1, 0.15) is 5.82 Å². The maximum atomic E-state index is 13.9. The summed E-state index contributed by atoms with van der Waals surface area (Å²) in [5, 5.41) is 0.857. The molecule has 0 N–H and O–H groups in total. The maximum Gasteiger partial charge on any atom is 0.415 e. The number of hydrogen-bond donors (Lipinski definition) is 0. The first-order valence-electron chi connectivity index (χ1n) is 8.26. The average Bonchev–Trinajstić information content (AvgIpc) is 2.99. The van der Waals surface area contributed by atoms with Crippen molar-refractivity contribution >= 4 is 35.0 Å². The van der Waals surface area contributed by atoms with E-state index in [4.69, 9.17) is 27.9 Å². The fraction of sp³-hybridized carbons (Fsp3) is 0.316. The lowest BCUT2D eigenvalue weighted by atomic mass is 10.0. The first-order chi connectivity index (χ1) is 12.4. The third kappa shape index (κ3) is 3.95. The minimum atomic E-state index is -0.498. The largest absolute Gasteiger partial charge is 0.430 e. The third-order valence-electron chi connectivity index (χ3n) is 4.51. The van der Waals surface area contributed by atoms with Gasteiger partial charge in [-0.1, -0.05) is 29.3 Å². The molecule has 0 aliphatic carbocycles. The van der Waals surface area contributed by atoms with Gasteiger partial charge in [-0.2, -0.15) is 0 Å². The molecule has 3 rings (SSSR count). The van der Waals surface area contributed by atoms with Crippen LogP contribution in [0, 0.1) is 5.82 Å². The van der Waals surface area contributed by atoms with Gasteiger partial charge < -0.3 is 4.74 Å². The molecular formula is C19H19Cl2FN2O2. The van der Waals surface area contributed by atoms with Crippen molar-refractivity contribution in [1.82, 2.24) is 4.90 Å². The van der Waals surface area contributed by atoms with Gasteiger partial charge in [0, 0.05) is 34.8 Å². The van der Waals surface area contributed by atoms with Crippen LogP contribution < -0.4 is 4.90 Å². The summed E-state index contributed by atoms with van der Waals surface area (Å²) in [6.45, 7) is 0.893. The van der Waals surface area contributed by atoms with Crippen molar-refractivity contribution in [2.75, 3.05) is 25.5 Å². The Labute approximate surface area is 162 Å². The molecule has 0 aromatic heterocycles. The number of nitrogens with zero attached hydrogens (tertiary/aromatic N) is 2. The van der Waals surface area contributed by atoms with Gasteiger partial charge >= 0.3 is 6.09 Å². The fourth-order valence-corrected chi connectivity index (χ4v) is 3.56. The molecule has 0 radical (unpaired) electrons. The lowest BCUT2D eigenvalue weighted by Gasteiger charge is -2.25. The highest BCUT2D eigenvalue weighted by atomic mass is 35.5. The molecule has 1 aliphatic rings. The van der Waals surface area contributed by atoms with Gasteiger partial charge in [-0.05, 0) is 50.2 Å². The van der Waals surface area contributed by atoms with E-state index in [1.165, 1.54) is 23.1 Å². The molecule has 1 saturated heterocycles. The van der Waals surface area contributed by atoms with Gasteiger partial charge in [-0.25, -0.2) is 9.18 Å². The first kappa shape index (κ1) is 19.0. The number of carbonyl (C=O) groups is 1. The Morgan fingerprint density at radius 1 is 1.23 bits per heavy atom. The molecule has 0 unspecified atom stereocenters. The second-order valence-electron chi connectivity index (χ2n) is 6.31. The van der Waals surface area contributed by atoms with Crippen molar-refractivity contribution in [2.24, 2.45) is 0 Å². The van der Waals surface area contributed by atoms with E-state index in [1.54, 1.807) is 25.2 Å². The summed E-state index contributed by atoms with van der Waals surface area (Å²) in [7, 11) is 3.51. The molecule has 0 saturated carbocycles. The zero-order chi connectivity index (χ0) is 18.8. The van der Waals surface area contributed by atoms with Crippen LogP contribution in [0.1, 0.15) is 12.8 Å². The summed E-state index contributed by atoms with van der Waals surface area (Å²) in [5.41, 5.74) is 1.58. The molecule has 138 valence electrons. The van der Waals surface area contributed by atoms with Crippen LogP contribution in [0.15, 0.2) is 36.4 Å². The minimum Gasteiger partial charge on any atom is -0.430 e. The third-order valence-corrected chi connectivity index (χ3v) is 5.05. The number of halogens is 3. The molecule has 2 aromatic carbocycles. The number of likely N-dealkylation sites (tertiary alicyclic amines) is 1. The SMILES string of the molecule is CN(C(=O)O[C@H]1CCCN1C)c1ccc(F)cc1-c1ccc(Cl)cc1Cl. The minimum absolute atomic E-state index is 0.243. The lowest BCUT2D eigenvalue weighted by Crippen LogP contribution is -2.36. The molecule has 1 amide bonds. The van der Waals surface area contributed by atoms with E-state index >= 15 is 0 Å². The normalized spacial score (nSPS) is 17.3. The summed E-state index contributed by atoms with van der Waals surface area (Å²) < 4.78 is 19.5. The molecule has 4 nitrogen and oxygen atoms in total. The van der Waals surface area contributed by atoms with Crippen LogP contribution in [0.4, 0.5) is 14.9 Å². The molecule has 0 spiro atoms. The van der Waals surface area contributed by atoms with Gasteiger partial charge in [0.2, 0.25) is 0 Å². The van der Waals surface area contributed by atoms with Gasteiger partial charge in [0.15, 0.2) is 6.23 Å². The number of rotatable bonds is 3. The fourth-order valence-electron chi connectivity index (χ4n) is 3.05. The summed E-state index contributed by atoms with van der Waals surface area (Å²) in [5.74, 6) is -0.424. The van der Waals surface area contributed by atoms with E-state index in [0.717, 1.165) is 19.4 Å². The predicted molar refractivity (Wildman–Crippen MR) is 102 cm³/mol. The molecule has 7 heteroatoms. The molecule has 1 atom stereocenters. The maximum absolute atomic E-state index is 13.9. The molecule has 1 heterocycles. The Balaban J connectivity index is 1.93. The molecule has 26 heavy (non-hydrogen) atoms. The van der Waals surface area contributed by atoms with Crippen molar-refractivity contribution in [3.05, 3.63) is 52.3 Å². The van der Waals surface area contributed by atoms with E-state index in [9.17, 15) is 9.18 Å². The van der Waals surface area contributed by atoms with E-state index in [0.29, 0.717) is 26.9 Å². The summed E-state index contributed by atoms with van der Waals surface area (Å²) in [6.07, 6.45) is 1.05. The van der Waals surface area contributed by atoms with Crippen molar-refractivity contribution in [2.45, 2.75) is 19.1 Å². The van der Waals surface area contributed by atoms with Crippen LogP contribution in [0.2, 0.25) is 10.0 Å². The Kier molecular flexibility index (Phi) is 5.70. The van der Waals surface area contributed by atoms with Crippen molar-refractivity contribution < 1.29 is 13.9 Å². The quantitative estimate of drug-likeness (QED) is 0.693. The van der Waals surface area contributed by atoms with E-state index < -0.39 is 11.9 Å². The molecular weight excluding hydrogens is 378 g/mol. The van der Waals surface area contributed by atoms with Crippen molar-refractivity contribution in [3.63, 3.8) is 0 Å². The lowest BCUT2D eigenvalue weighted by molar-refractivity contribution is 0.0315. The summed E-state index contributed by atoms with van der Waals surface area (Å²) in [6, 6.07) is 9.13. The average molecular weight is 397 g/mol. The Bertz CT molecular complexity index is 831. The van der Waals surface area contributed by atoms with Gasteiger partial charge in [-0.3, -0.25) is 9.80 Å². The number of amides is 1. The molecule has 1 aliphatic heterocycles. The number of anilines is 1. The van der Waals surface area contributed by atoms with E-state index in [2.05, 4.69) is 0 Å². The predicted octanol–water partition coefficient (Wildman–Crippen LogP) is 5.42. The van der Waals surface area contributed by atoms with Crippen molar-refractivity contribution in [1.29, 1.82) is 0 Å². The van der Waals surface area contributed by atoms with Crippen LogP contribution in [-0.2, 0) is 4.74 Å². The standard InChI is InChI=1S/C19H19Cl2FN2O2/c1-23-9-3-4-18(23)26-19(25)24(2)17-8-6-13(22)11-15(17)14-7-5-12(20)10-16(14)21/h5-8,10-11,18H,3-4,9H2,1-2H3/t18-/m0/s1. The number of carbonyl (C=O) groups excluding carboxylic acids is 1. The smallest absolute Gasteiger partial charge is 0.415 e. The number of ether oxygens (including phenoxy) is 1. The summed E-state index contributed by atoms with van der Waals surface area (Å²) in [4.78, 5) is 15.9. The number of hydrogen-bond acceptors (Lipinski definition) is 3. The van der Waals surface area contributed by atoms with Crippen LogP contribution in [0.3, 0.4) is 0 Å². The Morgan fingerprint density at radius 2 is 2.00 bits per heavy atom. The highest BCUT2D eigenvalue weighted by molar-refractivity contribution is 6.36. The van der Waals surface area contributed by atoms with Crippen LogP contribution in [-0.4, -0.2) is 37.9 Å². The van der Waals surface area contributed by atoms with E-state index in [1.807, 2.05) is 11.9 Å². The highest BCUT2D eigenvalue weighted by Gasteiger charge is 2.27. The van der Waals surface area contributed by atoms with Gasteiger partial charge in [-0.15, -0.1) is 0 Å². The Hall–Kier alpha value is -1.82. The Morgan fingerprint density at radius 3 is 2.65 bits per heavy atom. The second-order valence-corrected chi connectivity index (χ2v) is 7.15. The highest BCUT2D eigenvalue weighted by Crippen LogP contribution is 2.37. The number of benzene rings is 2. The first-order valence-corrected chi connectivity index (χ1v) is 9.02. The zero-order valence-corrected chi connectivity index (χ0v) is 16.0. The van der Waals surface area contributed by atoms with Crippen LogP contribution in [0.5, 0.6) is 0 Å². The van der Waals surface area contributed by atoms with Crippen LogP contribution in [0.25, 0.3) is 11.1 Å².